The Hall–Kier alpha value is 1.11. The van der Waals surface area contributed by atoms with Crippen LogP contribution in [0.25, 0.3) is 0 Å². The molecule has 0 N–H and O–H groups in total. The summed E-state index contributed by atoms with van der Waals surface area (Å²) in [6.45, 7) is 2.25. The molecule has 104 valence electrons. The van der Waals surface area contributed by atoms with Crippen molar-refractivity contribution in [1.82, 2.24) is 0 Å². The Kier molecular flexibility index (Phi) is 21.5. The third kappa shape index (κ3) is 19.4. The van der Waals surface area contributed by atoms with E-state index in [0.717, 1.165) is 12.8 Å². The van der Waals surface area contributed by atoms with Crippen molar-refractivity contribution < 1.29 is 38.3 Å². The van der Waals surface area contributed by atoms with E-state index in [-0.39, 0.29) is 29.6 Å². The van der Waals surface area contributed by atoms with E-state index in [2.05, 4.69) is 6.92 Å². The van der Waals surface area contributed by atoms with Crippen LogP contribution in [0.1, 0.15) is 84.0 Å². The van der Waals surface area contributed by atoms with Crippen molar-refractivity contribution in [3.8, 4) is 0 Å². The Bertz CT molecular complexity index is 177. The van der Waals surface area contributed by atoms with E-state index in [9.17, 15) is 8.76 Å². The van der Waals surface area contributed by atoms with Gasteiger partial charge in [0.1, 0.15) is 0 Å². The molecule has 1 atom stereocenters. The van der Waals surface area contributed by atoms with Gasteiger partial charge in [0, 0.05) is 5.75 Å². The molecule has 0 amide bonds. The van der Waals surface area contributed by atoms with Gasteiger partial charge in [0.25, 0.3) is 0 Å². The van der Waals surface area contributed by atoms with Crippen LogP contribution >= 0.6 is 0 Å². The van der Waals surface area contributed by atoms with Gasteiger partial charge in [-0.25, -0.2) is 0 Å². The van der Waals surface area contributed by atoms with Crippen molar-refractivity contribution in [1.29, 1.82) is 0 Å². The molecule has 0 aromatic heterocycles. The van der Waals surface area contributed by atoms with Gasteiger partial charge >= 0.3 is 29.6 Å². The van der Waals surface area contributed by atoms with Crippen molar-refractivity contribution in [2.24, 2.45) is 0 Å². The van der Waals surface area contributed by atoms with E-state index in [1.54, 1.807) is 0 Å². The zero-order valence-corrected chi connectivity index (χ0v) is 15.2. The average Bonchev–Trinajstić information content (AvgIpc) is 2.30. The first-order chi connectivity index (χ1) is 8.27. The molecule has 2 nitrogen and oxygen atoms in total. The van der Waals surface area contributed by atoms with E-state index in [1.807, 2.05) is 0 Å². The van der Waals surface area contributed by atoms with Crippen LogP contribution < -0.4 is 29.6 Å². The Morgan fingerprint density at radius 1 is 0.722 bits per heavy atom. The molecule has 0 saturated carbocycles. The Labute approximate surface area is 138 Å². The van der Waals surface area contributed by atoms with Crippen LogP contribution in [0.4, 0.5) is 0 Å². The van der Waals surface area contributed by atoms with Gasteiger partial charge in [-0.3, -0.25) is 4.21 Å². The monoisotopic (exact) mass is 284 g/mol. The molecular weight excluding hydrogens is 255 g/mol. The molecule has 0 saturated heterocycles. The second-order valence-electron chi connectivity index (χ2n) is 4.90. The second-order valence-corrected chi connectivity index (χ2v) is 5.91. The number of hydrogen-bond acceptors (Lipinski definition) is 2. The third-order valence-corrected chi connectivity index (χ3v) is 3.79. The summed E-state index contributed by atoms with van der Waals surface area (Å²) in [5, 5.41) is 0. The molecule has 0 radical (unpaired) electrons. The largest absolute Gasteiger partial charge is 1.00 e. The Morgan fingerprint density at radius 2 is 1.06 bits per heavy atom. The molecule has 1 unspecified atom stereocenters. The number of hydrogen-bond donors (Lipinski definition) is 0. The molecule has 0 aromatic rings. The summed E-state index contributed by atoms with van der Waals surface area (Å²) in [6, 6.07) is 0. The fourth-order valence-electron chi connectivity index (χ4n) is 2.06. The molecule has 0 rings (SSSR count). The van der Waals surface area contributed by atoms with E-state index in [0.29, 0.717) is 5.75 Å². The first-order valence-electron chi connectivity index (χ1n) is 7.33. The predicted octanol–water partition coefficient (Wildman–Crippen LogP) is 1.57. The van der Waals surface area contributed by atoms with Crippen LogP contribution in [0.15, 0.2) is 0 Å². The second kappa shape index (κ2) is 18.1. The predicted molar refractivity (Wildman–Crippen MR) is 74.9 cm³/mol. The molecule has 18 heavy (non-hydrogen) atoms. The maximum Gasteiger partial charge on any atom is 1.00 e. The topological polar surface area (TPSA) is 40.1 Å². The molecule has 0 aliphatic carbocycles. The quantitative estimate of drug-likeness (QED) is 0.293. The van der Waals surface area contributed by atoms with Crippen LogP contribution in [0, 0.1) is 0 Å². The van der Waals surface area contributed by atoms with Crippen LogP contribution in [0.5, 0.6) is 0 Å². The minimum atomic E-state index is -1.83. The molecule has 4 heteroatoms. The van der Waals surface area contributed by atoms with Crippen LogP contribution in [-0.2, 0) is 11.1 Å². The van der Waals surface area contributed by atoms with E-state index in [1.165, 1.54) is 64.2 Å². The van der Waals surface area contributed by atoms with Crippen molar-refractivity contribution in [2.45, 2.75) is 84.0 Å². The number of rotatable bonds is 13. The van der Waals surface area contributed by atoms with Gasteiger partial charge in [-0.05, 0) is 6.42 Å². The Morgan fingerprint density at radius 3 is 1.39 bits per heavy atom. The number of unbranched alkanes of at least 4 members (excludes halogenated alkanes) is 11. The van der Waals surface area contributed by atoms with Crippen LogP contribution in [-0.4, -0.2) is 14.5 Å². The zero-order valence-electron chi connectivity index (χ0n) is 12.4. The standard InChI is InChI=1S/C14H30O2S.Na/c1-2-3-4-5-6-7-8-9-10-11-12-13-14-17(15)16;/h2-14H2,1H3,(H,15,16);/q;+1/p-1. The molecule has 0 aliphatic heterocycles. The van der Waals surface area contributed by atoms with Gasteiger partial charge in [-0.1, -0.05) is 88.6 Å². The maximum absolute atomic E-state index is 10.3. The molecule has 0 spiro atoms. The molecule has 0 aliphatic rings. The van der Waals surface area contributed by atoms with E-state index in [4.69, 9.17) is 0 Å². The van der Waals surface area contributed by atoms with Crippen LogP contribution in [0.3, 0.4) is 0 Å². The summed E-state index contributed by atoms with van der Waals surface area (Å²) in [6.07, 6.45) is 15.4. The van der Waals surface area contributed by atoms with Crippen LogP contribution in [0.2, 0.25) is 0 Å². The van der Waals surface area contributed by atoms with Gasteiger partial charge in [0.15, 0.2) is 0 Å². The SMILES string of the molecule is CCCCCCCCCCCCCCS(=O)[O-].[Na+]. The van der Waals surface area contributed by atoms with E-state index >= 15 is 0 Å². The third-order valence-electron chi connectivity index (χ3n) is 3.16. The Balaban J connectivity index is 0. The average molecular weight is 284 g/mol. The summed E-state index contributed by atoms with van der Waals surface area (Å²) in [7, 11) is 0. The van der Waals surface area contributed by atoms with Crippen molar-refractivity contribution in [3.63, 3.8) is 0 Å². The summed E-state index contributed by atoms with van der Waals surface area (Å²) in [4.78, 5) is 0. The fraction of sp³-hybridized carbons (Fsp3) is 1.00. The minimum absolute atomic E-state index is 0. The minimum Gasteiger partial charge on any atom is -0.772 e. The molecular formula is C14H29NaO2S. The van der Waals surface area contributed by atoms with Gasteiger partial charge in [-0.2, -0.15) is 0 Å². The first kappa shape index (κ1) is 21.4. The van der Waals surface area contributed by atoms with Gasteiger partial charge in [-0.15, -0.1) is 0 Å². The molecule has 0 fully saturated rings. The zero-order chi connectivity index (χ0) is 12.8. The summed E-state index contributed by atoms with van der Waals surface area (Å²) in [5.41, 5.74) is 0. The van der Waals surface area contributed by atoms with E-state index < -0.39 is 11.1 Å². The van der Waals surface area contributed by atoms with Gasteiger partial charge < -0.3 is 4.55 Å². The smallest absolute Gasteiger partial charge is 0.772 e. The fourth-order valence-corrected chi connectivity index (χ4v) is 2.50. The van der Waals surface area contributed by atoms with Gasteiger partial charge in [0.2, 0.25) is 0 Å². The molecule has 0 bridgehead atoms. The molecule has 0 heterocycles. The summed E-state index contributed by atoms with van der Waals surface area (Å²) in [5.74, 6) is 0.345. The summed E-state index contributed by atoms with van der Waals surface area (Å²) < 4.78 is 20.6. The van der Waals surface area contributed by atoms with Crippen molar-refractivity contribution >= 4 is 11.1 Å². The first-order valence-corrected chi connectivity index (χ1v) is 8.57. The van der Waals surface area contributed by atoms with Gasteiger partial charge in [0.05, 0.1) is 0 Å². The van der Waals surface area contributed by atoms with Crippen molar-refractivity contribution in [3.05, 3.63) is 0 Å². The summed E-state index contributed by atoms with van der Waals surface area (Å²) >= 11 is -1.83. The van der Waals surface area contributed by atoms with Crippen molar-refractivity contribution in [2.75, 3.05) is 5.75 Å². The normalized spacial score (nSPS) is 12.1. The molecule has 0 aromatic carbocycles. The maximum atomic E-state index is 10.3.